The van der Waals surface area contributed by atoms with Crippen molar-refractivity contribution in [1.82, 2.24) is 5.32 Å². The molecule has 1 rings (SSSR count). The first-order valence-electron chi connectivity index (χ1n) is 4.38. The summed E-state index contributed by atoms with van der Waals surface area (Å²) in [6.07, 6.45) is 0. The van der Waals surface area contributed by atoms with E-state index in [2.05, 4.69) is 37.2 Å². The highest BCUT2D eigenvalue weighted by Gasteiger charge is 2.12. The summed E-state index contributed by atoms with van der Waals surface area (Å²) in [4.78, 5) is 12.3. The zero-order valence-corrected chi connectivity index (χ0v) is 12.1. The number of hydrogen-bond donors (Lipinski definition) is 2. The molecule has 0 aliphatic carbocycles. The van der Waals surface area contributed by atoms with Crippen molar-refractivity contribution in [3.8, 4) is 0 Å². The predicted molar refractivity (Wildman–Crippen MR) is 68.3 cm³/mol. The summed E-state index contributed by atoms with van der Waals surface area (Å²) < 4.78 is 1.79. The maximum absolute atomic E-state index is 11.6. The molecule has 1 aromatic heterocycles. The molecule has 84 valence electrons. The van der Waals surface area contributed by atoms with Crippen LogP contribution in [0.3, 0.4) is 0 Å². The topological polar surface area (TPSA) is 49.3 Å². The highest BCUT2D eigenvalue weighted by Crippen LogP contribution is 2.32. The second-order valence-corrected chi connectivity index (χ2v) is 6.45. The predicted octanol–water partition coefficient (Wildman–Crippen LogP) is 2.63. The third-order valence-electron chi connectivity index (χ3n) is 1.79. The Bertz CT molecular complexity index is 334. The zero-order chi connectivity index (χ0) is 11.4. The average molecular weight is 357 g/mol. The van der Waals surface area contributed by atoms with Crippen LogP contribution >= 0.6 is 43.2 Å². The van der Waals surface area contributed by atoms with E-state index in [0.717, 1.165) is 8.26 Å². The van der Waals surface area contributed by atoms with Gasteiger partial charge in [0.25, 0.3) is 5.91 Å². The average Bonchev–Trinajstić information content (AvgIpc) is 2.55. The van der Waals surface area contributed by atoms with Crippen LogP contribution in [0.25, 0.3) is 0 Å². The smallest absolute Gasteiger partial charge is 0.261 e. The van der Waals surface area contributed by atoms with Gasteiger partial charge in [0.1, 0.15) is 0 Å². The number of aliphatic hydroxyl groups is 1. The van der Waals surface area contributed by atoms with E-state index in [-0.39, 0.29) is 18.4 Å². The molecule has 15 heavy (non-hydrogen) atoms. The maximum Gasteiger partial charge on any atom is 0.261 e. The van der Waals surface area contributed by atoms with E-state index in [1.807, 2.05) is 6.92 Å². The molecular formula is C9H11Br2NO2S. The van der Waals surface area contributed by atoms with Crippen molar-refractivity contribution in [1.29, 1.82) is 0 Å². The fourth-order valence-corrected chi connectivity index (χ4v) is 2.83. The molecule has 0 spiro atoms. The molecule has 3 nitrogen and oxygen atoms in total. The van der Waals surface area contributed by atoms with Gasteiger partial charge in [0.05, 0.1) is 8.66 Å². The molecule has 1 unspecified atom stereocenters. The molecule has 1 aromatic rings. The Hall–Kier alpha value is 0.0900. The van der Waals surface area contributed by atoms with Gasteiger partial charge in [-0.25, -0.2) is 0 Å². The molecule has 0 fully saturated rings. The fourth-order valence-electron chi connectivity index (χ4n) is 0.877. The fraction of sp³-hybridized carbons (Fsp3) is 0.444. The van der Waals surface area contributed by atoms with Crippen molar-refractivity contribution < 1.29 is 9.90 Å². The lowest BCUT2D eigenvalue weighted by Gasteiger charge is -2.08. The van der Waals surface area contributed by atoms with E-state index < -0.39 is 0 Å². The lowest BCUT2D eigenvalue weighted by molar-refractivity contribution is 0.0946. The Labute approximate surface area is 109 Å². The minimum absolute atomic E-state index is 0.0815. The Balaban J connectivity index is 2.54. The number of halogens is 2. The normalized spacial score (nSPS) is 12.5. The van der Waals surface area contributed by atoms with E-state index in [4.69, 9.17) is 5.11 Å². The van der Waals surface area contributed by atoms with Gasteiger partial charge in [0.2, 0.25) is 0 Å². The van der Waals surface area contributed by atoms with Gasteiger partial charge in [-0.05, 0) is 43.8 Å². The number of nitrogens with one attached hydrogen (secondary N) is 1. The second kappa shape index (κ2) is 5.98. The molecule has 0 bridgehead atoms. The molecule has 0 aliphatic rings. The number of thiophene rings is 1. The number of carbonyl (C=O) groups is 1. The highest BCUT2D eigenvalue weighted by molar-refractivity contribution is 9.13. The van der Waals surface area contributed by atoms with Gasteiger partial charge in [-0.2, -0.15) is 0 Å². The summed E-state index contributed by atoms with van der Waals surface area (Å²) in [5, 5.41) is 11.6. The number of aliphatic hydroxyl groups excluding tert-OH is 1. The molecule has 1 amide bonds. The van der Waals surface area contributed by atoms with Crippen molar-refractivity contribution in [2.45, 2.75) is 6.92 Å². The van der Waals surface area contributed by atoms with Crippen LogP contribution < -0.4 is 5.32 Å². The number of amides is 1. The van der Waals surface area contributed by atoms with Gasteiger partial charge in [0, 0.05) is 17.6 Å². The summed E-state index contributed by atoms with van der Waals surface area (Å²) in [6.45, 7) is 2.45. The minimum Gasteiger partial charge on any atom is -0.396 e. The summed E-state index contributed by atoms with van der Waals surface area (Å²) in [6, 6.07) is 1.77. The van der Waals surface area contributed by atoms with Crippen molar-refractivity contribution in [2.24, 2.45) is 5.92 Å². The molecular weight excluding hydrogens is 346 g/mol. The Morgan fingerprint density at radius 1 is 1.67 bits per heavy atom. The molecule has 1 atom stereocenters. The summed E-state index contributed by atoms with van der Waals surface area (Å²) >= 11 is 8.03. The number of carbonyl (C=O) groups excluding carboxylic acids is 1. The largest absolute Gasteiger partial charge is 0.396 e. The lowest BCUT2D eigenvalue weighted by Crippen LogP contribution is -2.28. The molecule has 2 N–H and O–H groups in total. The SMILES string of the molecule is CC(CO)CNC(=O)c1cc(Br)c(Br)s1. The quantitative estimate of drug-likeness (QED) is 0.871. The van der Waals surface area contributed by atoms with E-state index >= 15 is 0 Å². The Morgan fingerprint density at radius 3 is 2.80 bits per heavy atom. The van der Waals surface area contributed by atoms with E-state index in [1.165, 1.54) is 11.3 Å². The molecule has 0 radical (unpaired) electrons. The third-order valence-corrected chi connectivity index (χ3v) is 5.05. The van der Waals surface area contributed by atoms with Crippen LogP contribution in [-0.4, -0.2) is 24.2 Å². The first-order chi connectivity index (χ1) is 7.04. The van der Waals surface area contributed by atoms with Crippen LogP contribution in [0.4, 0.5) is 0 Å². The Kier molecular flexibility index (Phi) is 5.25. The van der Waals surface area contributed by atoms with Crippen molar-refractivity contribution >= 4 is 49.1 Å². The zero-order valence-electron chi connectivity index (χ0n) is 8.09. The molecule has 1 heterocycles. The van der Waals surface area contributed by atoms with Gasteiger partial charge in [-0.1, -0.05) is 6.92 Å². The van der Waals surface area contributed by atoms with Crippen LogP contribution in [0.15, 0.2) is 14.3 Å². The van der Waals surface area contributed by atoms with Gasteiger partial charge in [-0.15, -0.1) is 11.3 Å². The first-order valence-corrected chi connectivity index (χ1v) is 6.78. The standard InChI is InChI=1S/C9H11Br2NO2S/c1-5(4-13)3-12-9(14)7-2-6(10)8(11)15-7/h2,5,13H,3-4H2,1H3,(H,12,14). The van der Waals surface area contributed by atoms with Crippen LogP contribution in [0.1, 0.15) is 16.6 Å². The molecule has 6 heteroatoms. The summed E-state index contributed by atoms with van der Waals surface area (Å²) in [7, 11) is 0. The monoisotopic (exact) mass is 355 g/mol. The summed E-state index contributed by atoms with van der Waals surface area (Å²) in [5.41, 5.74) is 0. The highest BCUT2D eigenvalue weighted by atomic mass is 79.9. The minimum atomic E-state index is -0.105. The first kappa shape index (κ1) is 13.2. The molecule has 0 saturated carbocycles. The Morgan fingerprint density at radius 2 is 2.33 bits per heavy atom. The van der Waals surface area contributed by atoms with E-state index in [9.17, 15) is 4.79 Å². The van der Waals surface area contributed by atoms with Crippen molar-refractivity contribution in [3.63, 3.8) is 0 Å². The molecule has 0 aliphatic heterocycles. The van der Waals surface area contributed by atoms with Crippen LogP contribution in [0.2, 0.25) is 0 Å². The third kappa shape index (κ3) is 3.86. The van der Waals surface area contributed by atoms with Crippen LogP contribution in [-0.2, 0) is 0 Å². The number of rotatable bonds is 4. The molecule has 0 saturated heterocycles. The van der Waals surface area contributed by atoms with Gasteiger partial charge in [-0.3, -0.25) is 4.79 Å². The van der Waals surface area contributed by atoms with Crippen LogP contribution in [0.5, 0.6) is 0 Å². The van der Waals surface area contributed by atoms with Crippen LogP contribution in [0, 0.1) is 5.92 Å². The lowest BCUT2D eigenvalue weighted by atomic mass is 10.2. The number of hydrogen-bond acceptors (Lipinski definition) is 3. The van der Waals surface area contributed by atoms with Gasteiger partial charge >= 0.3 is 0 Å². The van der Waals surface area contributed by atoms with Gasteiger partial charge < -0.3 is 10.4 Å². The second-order valence-electron chi connectivity index (χ2n) is 3.23. The van der Waals surface area contributed by atoms with Crippen molar-refractivity contribution in [2.75, 3.05) is 13.2 Å². The maximum atomic E-state index is 11.6. The summed E-state index contributed by atoms with van der Waals surface area (Å²) in [5.74, 6) is -0.0208. The van der Waals surface area contributed by atoms with Gasteiger partial charge in [0.15, 0.2) is 0 Å². The van der Waals surface area contributed by atoms with Crippen molar-refractivity contribution in [3.05, 3.63) is 19.2 Å². The molecule has 0 aromatic carbocycles. The van der Waals surface area contributed by atoms with E-state index in [1.54, 1.807) is 6.07 Å². The van der Waals surface area contributed by atoms with E-state index in [0.29, 0.717) is 11.4 Å².